The number of rotatable bonds is 4. The molecule has 0 bridgehead atoms. The lowest BCUT2D eigenvalue weighted by Gasteiger charge is -2.55. The Balaban J connectivity index is 1.85. The van der Waals surface area contributed by atoms with Crippen LogP contribution in [0.5, 0.6) is 0 Å². The maximum absolute atomic E-state index is 13.7. The van der Waals surface area contributed by atoms with Crippen LogP contribution in [0.25, 0.3) is 0 Å². The van der Waals surface area contributed by atoms with Gasteiger partial charge >= 0.3 is 5.97 Å². The Kier molecular flexibility index (Phi) is 5.00. The molecule has 2 fully saturated rings. The first-order valence-corrected chi connectivity index (χ1v) is 11.1. The molecule has 0 amide bonds. The first-order chi connectivity index (χ1) is 14.5. The Morgan fingerprint density at radius 3 is 2.58 bits per heavy atom. The van der Waals surface area contributed by atoms with E-state index < -0.39 is 34.8 Å². The van der Waals surface area contributed by atoms with Crippen LogP contribution in [0.15, 0.2) is 36.0 Å². The quantitative estimate of drug-likeness (QED) is 0.694. The van der Waals surface area contributed by atoms with Crippen LogP contribution in [0, 0.1) is 34.5 Å². The van der Waals surface area contributed by atoms with Gasteiger partial charge in [-0.1, -0.05) is 45.9 Å². The average molecular weight is 427 g/mol. The van der Waals surface area contributed by atoms with Crippen molar-refractivity contribution in [1.29, 1.82) is 0 Å². The first kappa shape index (κ1) is 21.9. The van der Waals surface area contributed by atoms with Gasteiger partial charge in [0.05, 0.1) is 0 Å². The zero-order valence-electron chi connectivity index (χ0n) is 18.5. The highest BCUT2D eigenvalue weighted by Crippen LogP contribution is 2.67. The number of allylic oxidation sites excluding steroid dienone is 6. The monoisotopic (exact) mass is 426 g/mol. The van der Waals surface area contributed by atoms with Crippen LogP contribution >= 0.6 is 0 Å². The Morgan fingerprint density at radius 2 is 1.94 bits per heavy atom. The summed E-state index contributed by atoms with van der Waals surface area (Å²) in [5, 5.41) is 9.80. The fraction of sp³-hybridized carbons (Fsp3) is 0.600. The van der Waals surface area contributed by atoms with Crippen molar-refractivity contribution < 1.29 is 29.0 Å². The minimum atomic E-state index is -1.52. The predicted octanol–water partition coefficient (Wildman–Crippen LogP) is 2.75. The standard InChI is InChI=1S/C25H30O6/c1-5-21(30)31-25(20(29)13-26)14(2)10-18-17-7-6-15-11-16(27)8-9-23(15,3)22(17)19(28)12-24(18,25)4/h6-9,11,14,17-18,22,26H,5,10,12-13H2,1-4H3/t14?,17-,18-,22+,23-,24-,25-/m0/s1. The van der Waals surface area contributed by atoms with Gasteiger partial charge in [-0.2, -0.15) is 0 Å². The first-order valence-electron chi connectivity index (χ1n) is 11.1. The number of Topliss-reactive ketones (excluding diaryl/α,β-unsaturated/α-hetero) is 2. The van der Waals surface area contributed by atoms with Crippen molar-refractivity contribution in [3.8, 4) is 0 Å². The summed E-state index contributed by atoms with van der Waals surface area (Å²) >= 11 is 0. The second kappa shape index (κ2) is 7.09. The van der Waals surface area contributed by atoms with Gasteiger partial charge in [0.1, 0.15) is 12.4 Å². The molecule has 4 aliphatic rings. The summed E-state index contributed by atoms with van der Waals surface area (Å²) in [6, 6.07) is 0. The predicted molar refractivity (Wildman–Crippen MR) is 113 cm³/mol. The van der Waals surface area contributed by atoms with E-state index in [2.05, 4.69) is 0 Å². The summed E-state index contributed by atoms with van der Waals surface area (Å²) in [5.41, 5.74) is -2.19. The summed E-state index contributed by atoms with van der Waals surface area (Å²) < 4.78 is 5.86. The SMILES string of the molecule is CCC(=O)O[C@]1(C(=O)CO)C(C)C[C@H]2[C@@H]3C=CC4=CC(=O)C=C[C@]4(C)[C@H]3C(=O)C[C@@]21C. The van der Waals surface area contributed by atoms with E-state index >= 15 is 0 Å². The van der Waals surface area contributed by atoms with Crippen molar-refractivity contribution in [2.24, 2.45) is 34.5 Å². The summed E-state index contributed by atoms with van der Waals surface area (Å²) in [6.45, 7) is 6.66. The van der Waals surface area contributed by atoms with E-state index in [1.807, 2.05) is 39.0 Å². The van der Waals surface area contributed by atoms with Gasteiger partial charge in [-0.05, 0) is 36.0 Å². The third-order valence-corrected chi connectivity index (χ3v) is 8.49. The average Bonchev–Trinajstić information content (AvgIpc) is 2.94. The van der Waals surface area contributed by atoms with Gasteiger partial charge in [-0.15, -0.1) is 0 Å². The highest BCUT2D eigenvalue weighted by Gasteiger charge is 2.72. The van der Waals surface area contributed by atoms with E-state index in [4.69, 9.17) is 4.74 Å². The lowest BCUT2D eigenvalue weighted by atomic mass is 9.48. The molecule has 0 saturated heterocycles. The number of hydrogen-bond donors (Lipinski definition) is 1. The molecule has 7 atom stereocenters. The molecule has 4 rings (SSSR count). The Hall–Kier alpha value is -2.34. The van der Waals surface area contributed by atoms with Crippen molar-refractivity contribution in [2.45, 2.75) is 52.6 Å². The molecule has 0 aromatic heterocycles. The molecular weight excluding hydrogens is 396 g/mol. The molecule has 6 heteroatoms. The van der Waals surface area contributed by atoms with E-state index in [9.17, 15) is 24.3 Å². The van der Waals surface area contributed by atoms with Crippen LogP contribution in [-0.4, -0.2) is 40.6 Å². The van der Waals surface area contributed by atoms with E-state index in [1.165, 1.54) is 6.08 Å². The second-order valence-electron chi connectivity index (χ2n) is 9.98. The van der Waals surface area contributed by atoms with Gasteiger partial charge in [0, 0.05) is 35.5 Å². The molecule has 1 unspecified atom stereocenters. The number of esters is 1. The number of fused-ring (bicyclic) bond motifs is 5. The highest BCUT2D eigenvalue weighted by molar-refractivity contribution is 6.02. The number of aliphatic hydroxyl groups is 1. The fourth-order valence-electron chi connectivity index (χ4n) is 7.06. The van der Waals surface area contributed by atoms with Gasteiger partial charge < -0.3 is 9.84 Å². The van der Waals surface area contributed by atoms with E-state index in [-0.39, 0.29) is 48.1 Å². The van der Waals surface area contributed by atoms with Crippen LogP contribution in [0.2, 0.25) is 0 Å². The lowest BCUT2D eigenvalue weighted by molar-refractivity contribution is -0.194. The van der Waals surface area contributed by atoms with Gasteiger partial charge in [0.25, 0.3) is 0 Å². The number of carbonyl (C=O) groups is 4. The van der Waals surface area contributed by atoms with E-state index in [0.29, 0.717) is 6.42 Å². The summed E-state index contributed by atoms with van der Waals surface area (Å²) in [5.74, 6) is -2.03. The summed E-state index contributed by atoms with van der Waals surface area (Å²) in [7, 11) is 0. The van der Waals surface area contributed by atoms with Gasteiger partial charge in [-0.3, -0.25) is 19.2 Å². The van der Waals surface area contributed by atoms with Crippen LogP contribution < -0.4 is 0 Å². The zero-order chi connectivity index (χ0) is 22.8. The molecule has 1 N–H and O–H groups in total. The second-order valence-corrected chi connectivity index (χ2v) is 9.98. The molecule has 166 valence electrons. The molecule has 2 saturated carbocycles. The molecule has 31 heavy (non-hydrogen) atoms. The molecule has 4 aliphatic carbocycles. The smallest absolute Gasteiger partial charge is 0.306 e. The molecule has 0 aromatic rings. The van der Waals surface area contributed by atoms with Gasteiger partial charge in [0.2, 0.25) is 5.78 Å². The number of ketones is 3. The number of carbonyl (C=O) groups excluding carboxylic acids is 4. The largest absolute Gasteiger partial charge is 0.450 e. The number of hydrogen-bond acceptors (Lipinski definition) is 6. The highest BCUT2D eigenvalue weighted by atomic mass is 16.6. The molecular formula is C25H30O6. The Morgan fingerprint density at radius 1 is 1.23 bits per heavy atom. The van der Waals surface area contributed by atoms with Crippen LogP contribution in [0.3, 0.4) is 0 Å². The molecule has 0 spiro atoms. The van der Waals surface area contributed by atoms with Crippen molar-refractivity contribution in [3.05, 3.63) is 36.0 Å². The van der Waals surface area contributed by atoms with Crippen molar-refractivity contribution >= 4 is 23.3 Å². The normalized spacial score (nSPS) is 43.1. The van der Waals surface area contributed by atoms with E-state index in [1.54, 1.807) is 13.0 Å². The van der Waals surface area contributed by atoms with Crippen molar-refractivity contribution in [2.75, 3.05) is 6.61 Å². The van der Waals surface area contributed by atoms with Crippen LogP contribution in [0.4, 0.5) is 0 Å². The minimum absolute atomic E-state index is 0.00254. The lowest BCUT2D eigenvalue weighted by Crippen LogP contribution is -2.63. The van der Waals surface area contributed by atoms with Gasteiger partial charge in [-0.25, -0.2) is 0 Å². The van der Waals surface area contributed by atoms with Crippen molar-refractivity contribution in [1.82, 2.24) is 0 Å². The molecule has 0 radical (unpaired) electrons. The third-order valence-electron chi connectivity index (χ3n) is 8.49. The number of aliphatic hydroxyl groups excluding tert-OH is 1. The fourth-order valence-corrected chi connectivity index (χ4v) is 7.06. The third kappa shape index (κ3) is 2.73. The van der Waals surface area contributed by atoms with Crippen LogP contribution in [-0.2, 0) is 23.9 Å². The topological polar surface area (TPSA) is 97.7 Å². The van der Waals surface area contributed by atoms with E-state index in [0.717, 1.165) is 5.57 Å². The zero-order valence-corrected chi connectivity index (χ0v) is 18.5. The molecule has 0 heterocycles. The summed E-state index contributed by atoms with van der Waals surface area (Å²) in [6.07, 6.45) is 9.69. The molecule has 6 nitrogen and oxygen atoms in total. The number of ether oxygens (including phenoxy) is 1. The van der Waals surface area contributed by atoms with Crippen LogP contribution in [0.1, 0.15) is 47.0 Å². The summed E-state index contributed by atoms with van der Waals surface area (Å²) in [4.78, 5) is 51.1. The molecule has 0 aliphatic heterocycles. The van der Waals surface area contributed by atoms with Gasteiger partial charge in [0.15, 0.2) is 11.4 Å². The maximum atomic E-state index is 13.7. The Labute approximate surface area is 182 Å². The maximum Gasteiger partial charge on any atom is 0.306 e. The van der Waals surface area contributed by atoms with Crippen molar-refractivity contribution in [3.63, 3.8) is 0 Å². The minimum Gasteiger partial charge on any atom is -0.450 e. The molecule has 0 aromatic carbocycles. The Bertz CT molecular complexity index is 957.